The number of imide groups is 1. The molecule has 2 fully saturated rings. The predicted octanol–water partition coefficient (Wildman–Crippen LogP) is -1.82. The number of carbonyl (C=O) groups excluding carboxylic acids is 3. The molecule has 0 aromatic heterocycles. The van der Waals surface area contributed by atoms with Crippen LogP contribution in [0.5, 0.6) is 0 Å². The molecule has 1 atom stereocenters. The number of nitrogens with one attached hydrogen (secondary N) is 2. The largest absolute Gasteiger partial charge is 0.545 e. The molecule has 0 aliphatic carbocycles. The van der Waals surface area contributed by atoms with Gasteiger partial charge in [0.1, 0.15) is 26.2 Å². The van der Waals surface area contributed by atoms with Gasteiger partial charge >= 0.3 is 0 Å². The summed E-state index contributed by atoms with van der Waals surface area (Å²) in [5.41, 5.74) is 1.62. The minimum absolute atomic E-state index is 0.0189. The number of quaternary nitrogens is 2. The van der Waals surface area contributed by atoms with Crippen LogP contribution in [0.3, 0.4) is 0 Å². The Kier molecular flexibility index (Phi) is 6.25. The number of hydrogen-bond acceptors (Lipinski definition) is 4. The molecule has 160 valence electrons. The molecule has 2 aromatic carbocycles. The number of carboxylic acids is 1. The minimum Gasteiger partial charge on any atom is -0.545 e. The molecule has 2 aromatic rings. The van der Waals surface area contributed by atoms with Crippen LogP contribution in [0.25, 0.3) is 6.08 Å². The van der Waals surface area contributed by atoms with Gasteiger partial charge in [0.25, 0.3) is 5.91 Å². The first-order valence-electron chi connectivity index (χ1n) is 10.6. The van der Waals surface area contributed by atoms with Crippen LogP contribution >= 0.6 is 0 Å². The van der Waals surface area contributed by atoms with Crippen molar-refractivity contribution in [1.29, 1.82) is 0 Å². The van der Waals surface area contributed by atoms with Crippen molar-refractivity contribution in [2.75, 3.05) is 37.6 Å². The summed E-state index contributed by atoms with van der Waals surface area (Å²) in [5.74, 6) is -1.72. The van der Waals surface area contributed by atoms with Gasteiger partial charge in [-0.15, -0.1) is 0 Å². The molecule has 2 saturated heterocycles. The van der Waals surface area contributed by atoms with Crippen molar-refractivity contribution in [3.63, 3.8) is 0 Å². The minimum atomic E-state index is -1.29. The van der Waals surface area contributed by atoms with E-state index >= 15 is 0 Å². The Bertz CT molecular complexity index is 980. The molecule has 2 heterocycles. The summed E-state index contributed by atoms with van der Waals surface area (Å²) >= 11 is 0. The van der Waals surface area contributed by atoms with E-state index in [1.165, 1.54) is 39.6 Å². The first-order valence-corrected chi connectivity index (χ1v) is 10.6. The molecule has 31 heavy (non-hydrogen) atoms. The van der Waals surface area contributed by atoms with Crippen LogP contribution in [0.4, 0.5) is 5.69 Å². The van der Waals surface area contributed by atoms with Crippen molar-refractivity contribution >= 4 is 29.5 Å². The Balaban J connectivity index is 1.32. The van der Waals surface area contributed by atoms with E-state index < -0.39 is 5.97 Å². The lowest BCUT2D eigenvalue weighted by atomic mass is 10.1. The van der Waals surface area contributed by atoms with Crippen LogP contribution in [0.2, 0.25) is 0 Å². The molecule has 0 bridgehead atoms. The highest BCUT2D eigenvalue weighted by Crippen LogP contribution is 2.22. The predicted molar refractivity (Wildman–Crippen MR) is 113 cm³/mol. The van der Waals surface area contributed by atoms with Gasteiger partial charge in [-0.1, -0.05) is 48.5 Å². The molecule has 2 aliphatic heterocycles. The molecule has 2 N–H and O–H groups in total. The zero-order valence-corrected chi connectivity index (χ0v) is 17.3. The molecule has 2 aliphatic rings. The Labute approximate surface area is 181 Å². The van der Waals surface area contributed by atoms with E-state index in [1.807, 2.05) is 18.2 Å². The molecule has 7 nitrogen and oxygen atoms in total. The highest BCUT2D eigenvalue weighted by molar-refractivity contribution is 6.21. The van der Waals surface area contributed by atoms with Gasteiger partial charge in [-0.25, -0.2) is 4.90 Å². The topological polar surface area (TPSA) is 86.4 Å². The lowest BCUT2D eigenvalue weighted by molar-refractivity contribution is -1.02. The number of rotatable bonds is 6. The number of anilines is 1. The first kappa shape index (κ1) is 21.0. The van der Waals surface area contributed by atoms with E-state index in [4.69, 9.17) is 0 Å². The smallest absolute Gasteiger partial charge is 0.292 e. The number of benzene rings is 2. The third kappa shape index (κ3) is 4.73. The van der Waals surface area contributed by atoms with E-state index in [0.717, 1.165) is 37.6 Å². The van der Waals surface area contributed by atoms with Crippen molar-refractivity contribution in [3.05, 3.63) is 71.8 Å². The maximum atomic E-state index is 13.0. The number of aromatic carboxylic acids is 1. The lowest BCUT2D eigenvalue weighted by Crippen LogP contribution is -3.30. The summed E-state index contributed by atoms with van der Waals surface area (Å²) in [4.78, 5) is 40.3. The fourth-order valence-corrected chi connectivity index (χ4v) is 4.37. The summed E-state index contributed by atoms with van der Waals surface area (Å²) in [6.07, 6.45) is 4.52. The lowest BCUT2D eigenvalue weighted by Gasteiger charge is -2.31. The van der Waals surface area contributed by atoms with Crippen LogP contribution < -0.4 is 19.8 Å². The first-order chi connectivity index (χ1) is 15.0. The van der Waals surface area contributed by atoms with Crippen molar-refractivity contribution in [2.24, 2.45) is 0 Å². The van der Waals surface area contributed by atoms with Crippen LogP contribution in [-0.4, -0.2) is 56.5 Å². The van der Waals surface area contributed by atoms with Crippen molar-refractivity contribution in [2.45, 2.75) is 12.5 Å². The monoisotopic (exact) mass is 420 g/mol. The number of carboxylic acid groups (broad SMARTS) is 1. The van der Waals surface area contributed by atoms with Gasteiger partial charge in [0, 0.05) is 0 Å². The standard InChI is InChI=1S/C24H25N3O4/c28-22-17-21(23(29)27(22)20-10-8-19(9-11-20)24(30)31)26-15-13-25(14-16-26)12-4-7-18-5-2-1-3-6-18/h1-11,21H,12-17H2,(H,30,31)/p+1/b7-4+/t21-/m0/s1. The van der Waals surface area contributed by atoms with Crippen molar-refractivity contribution in [1.82, 2.24) is 0 Å². The molecular formula is C24H26N3O4+. The third-order valence-corrected chi connectivity index (χ3v) is 6.12. The SMILES string of the molecule is O=C([O-])c1ccc(N2C(=O)C[C@H]([NH+]3CC[NH+](C/C=C/c4ccccc4)CC3)C2=O)cc1. The highest BCUT2D eigenvalue weighted by Gasteiger charge is 2.46. The van der Waals surface area contributed by atoms with Gasteiger partial charge in [-0.3, -0.25) is 9.59 Å². The normalized spacial score (nSPS) is 24.1. The summed E-state index contributed by atoms with van der Waals surface area (Å²) in [6.45, 7) is 4.53. The molecule has 0 unspecified atom stereocenters. The van der Waals surface area contributed by atoms with Gasteiger partial charge in [0.05, 0.1) is 24.6 Å². The van der Waals surface area contributed by atoms with Crippen LogP contribution in [0.15, 0.2) is 60.7 Å². The van der Waals surface area contributed by atoms with Crippen LogP contribution in [0, 0.1) is 0 Å². The average molecular weight is 420 g/mol. The van der Waals surface area contributed by atoms with E-state index in [9.17, 15) is 19.5 Å². The number of piperazine rings is 1. The van der Waals surface area contributed by atoms with Gasteiger partial charge in [0.15, 0.2) is 6.04 Å². The van der Waals surface area contributed by atoms with Crippen LogP contribution in [0.1, 0.15) is 22.3 Å². The zero-order valence-electron chi connectivity index (χ0n) is 17.3. The number of nitrogens with zero attached hydrogens (tertiary/aromatic N) is 1. The molecule has 7 heteroatoms. The second kappa shape index (κ2) is 9.24. The molecular weight excluding hydrogens is 394 g/mol. The maximum Gasteiger partial charge on any atom is 0.292 e. The molecule has 4 rings (SSSR count). The number of hydrogen-bond donors (Lipinski definition) is 2. The average Bonchev–Trinajstić information content (AvgIpc) is 3.09. The fraction of sp³-hybridized carbons (Fsp3) is 0.292. The van der Waals surface area contributed by atoms with Gasteiger partial charge in [0.2, 0.25) is 5.91 Å². The Morgan fingerprint density at radius 2 is 1.68 bits per heavy atom. The molecule has 0 spiro atoms. The Hall–Kier alpha value is -3.29. The Morgan fingerprint density at radius 1 is 1.00 bits per heavy atom. The van der Waals surface area contributed by atoms with E-state index in [0.29, 0.717) is 5.69 Å². The van der Waals surface area contributed by atoms with Gasteiger partial charge in [-0.05, 0) is 29.3 Å². The van der Waals surface area contributed by atoms with E-state index in [1.54, 1.807) is 0 Å². The van der Waals surface area contributed by atoms with E-state index in [2.05, 4.69) is 24.3 Å². The van der Waals surface area contributed by atoms with Gasteiger partial charge in [-0.2, -0.15) is 0 Å². The van der Waals surface area contributed by atoms with Crippen molar-refractivity contribution < 1.29 is 29.3 Å². The molecule has 0 radical (unpaired) electrons. The van der Waals surface area contributed by atoms with Crippen LogP contribution in [-0.2, 0) is 9.59 Å². The molecule has 0 saturated carbocycles. The Morgan fingerprint density at radius 3 is 2.32 bits per heavy atom. The summed E-state index contributed by atoms with van der Waals surface area (Å²) in [5, 5.41) is 10.9. The summed E-state index contributed by atoms with van der Waals surface area (Å²) < 4.78 is 0. The number of amides is 2. The zero-order chi connectivity index (χ0) is 21.8. The highest BCUT2D eigenvalue weighted by atomic mass is 16.4. The summed E-state index contributed by atoms with van der Waals surface area (Å²) in [7, 11) is 0. The maximum absolute atomic E-state index is 13.0. The number of carbonyl (C=O) groups is 3. The third-order valence-electron chi connectivity index (χ3n) is 6.12. The molecule has 2 amide bonds. The fourth-order valence-electron chi connectivity index (χ4n) is 4.37. The van der Waals surface area contributed by atoms with E-state index in [-0.39, 0.29) is 29.8 Å². The quantitative estimate of drug-likeness (QED) is 0.539. The van der Waals surface area contributed by atoms with Crippen molar-refractivity contribution in [3.8, 4) is 0 Å². The summed E-state index contributed by atoms with van der Waals surface area (Å²) in [6, 6.07) is 15.5. The second-order valence-corrected chi connectivity index (χ2v) is 8.08. The van der Waals surface area contributed by atoms with Gasteiger partial charge < -0.3 is 19.7 Å². The second-order valence-electron chi connectivity index (χ2n) is 8.08.